The minimum atomic E-state index is -0.275. The lowest BCUT2D eigenvalue weighted by molar-refractivity contribution is -0.149. The van der Waals surface area contributed by atoms with Gasteiger partial charge in [0.05, 0.1) is 12.2 Å². The number of likely N-dealkylation sites (tertiary alicyclic amines) is 1. The standard InChI is InChI=1S/C14H25NO3/c1-2-13(18-12-5-3-4-6-12)14(17)15-9-7-11(16)8-10-15/h11-13,16H,2-10H2,1H3. The minimum absolute atomic E-state index is 0.122. The number of carbonyl (C=O) groups is 1. The molecule has 1 amide bonds. The Morgan fingerprint density at radius 2 is 1.89 bits per heavy atom. The Labute approximate surface area is 109 Å². The SMILES string of the molecule is CCC(OC1CCCC1)C(=O)N1CCC(O)CC1. The third-order valence-electron chi connectivity index (χ3n) is 4.08. The first-order chi connectivity index (χ1) is 8.70. The Morgan fingerprint density at radius 1 is 1.28 bits per heavy atom. The zero-order valence-electron chi connectivity index (χ0n) is 11.3. The number of hydrogen-bond acceptors (Lipinski definition) is 3. The van der Waals surface area contributed by atoms with Gasteiger partial charge in [-0.1, -0.05) is 19.8 Å². The fourth-order valence-electron chi connectivity index (χ4n) is 2.88. The summed E-state index contributed by atoms with van der Waals surface area (Å²) in [7, 11) is 0. The van der Waals surface area contributed by atoms with Gasteiger partial charge in [-0.25, -0.2) is 0 Å². The van der Waals surface area contributed by atoms with E-state index in [2.05, 4.69) is 0 Å². The highest BCUT2D eigenvalue weighted by molar-refractivity contribution is 5.81. The van der Waals surface area contributed by atoms with Gasteiger partial charge in [-0.3, -0.25) is 4.79 Å². The predicted molar refractivity (Wildman–Crippen MR) is 69.2 cm³/mol. The highest BCUT2D eigenvalue weighted by Gasteiger charge is 2.29. The number of amides is 1. The van der Waals surface area contributed by atoms with Gasteiger partial charge in [0.15, 0.2) is 0 Å². The fraction of sp³-hybridized carbons (Fsp3) is 0.929. The molecule has 1 aliphatic carbocycles. The van der Waals surface area contributed by atoms with Crippen molar-refractivity contribution in [3.8, 4) is 0 Å². The summed E-state index contributed by atoms with van der Waals surface area (Å²) in [5, 5.41) is 9.47. The summed E-state index contributed by atoms with van der Waals surface area (Å²) in [4.78, 5) is 14.2. The molecule has 0 aromatic heterocycles. The maximum absolute atomic E-state index is 12.3. The molecule has 0 aromatic carbocycles. The van der Waals surface area contributed by atoms with Crippen molar-refractivity contribution in [2.75, 3.05) is 13.1 Å². The third kappa shape index (κ3) is 3.45. The van der Waals surface area contributed by atoms with E-state index < -0.39 is 0 Å². The molecule has 1 saturated heterocycles. The smallest absolute Gasteiger partial charge is 0.251 e. The van der Waals surface area contributed by atoms with E-state index >= 15 is 0 Å². The van der Waals surface area contributed by atoms with Gasteiger partial charge in [-0.05, 0) is 32.1 Å². The fourth-order valence-corrected chi connectivity index (χ4v) is 2.88. The van der Waals surface area contributed by atoms with Crippen LogP contribution in [0, 0.1) is 0 Å². The lowest BCUT2D eigenvalue weighted by Gasteiger charge is -2.33. The predicted octanol–water partition coefficient (Wildman–Crippen LogP) is 1.71. The molecule has 2 rings (SSSR count). The highest BCUT2D eigenvalue weighted by Crippen LogP contribution is 2.24. The summed E-state index contributed by atoms with van der Waals surface area (Å²) in [6, 6.07) is 0. The molecule has 2 aliphatic rings. The molecule has 1 saturated carbocycles. The average Bonchev–Trinajstić information content (AvgIpc) is 2.89. The lowest BCUT2D eigenvalue weighted by Crippen LogP contribution is -2.46. The molecule has 18 heavy (non-hydrogen) atoms. The van der Waals surface area contributed by atoms with Gasteiger partial charge in [0.2, 0.25) is 0 Å². The van der Waals surface area contributed by atoms with Crippen LogP contribution in [0.3, 0.4) is 0 Å². The highest BCUT2D eigenvalue weighted by atomic mass is 16.5. The van der Waals surface area contributed by atoms with Gasteiger partial charge in [0, 0.05) is 13.1 Å². The zero-order valence-corrected chi connectivity index (χ0v) is 11.3. The number of carbonyl (C=O) groups excluding carboxylic acids is 1. The van der Waals surface area contributed by atoms with Crippen LogP contribution in [-0.2, 0) is 9.53 Å². The molecular weight excluding hydrogens is 230 g/mol. The molecule has 2 fully saturated rings. The van der Waals surface area contributed by atoms with E-state index in [1.165, 1.54) is 12.8 Å². The van der Waals surface area contributed by atoms with E-state index in [1.807, 2.05) is 11.8 Å². The summed E-state index contributed by atoms with van der Waals surface area (Å²) in [6.07, 6.45) is 6.58. The lowest BCUT2D eigenvalue weighted by atomic mass is 10.1. The van der Waals surface area contributed by atoms with Gasteiger partial charge < -0.3 is 14.7 Å². The molecule has 4 heteroatoms. The molecule has 1 unspecified atom stereocenters. The number of aliphatic hydroxyl groups is 1. The summed E-state index contributed by atoms with van der Waals surface area (Å²) >= 11 is 0. The molecule has 1 atom stereocenters. The minimum Gasteiger partial charge on any atom is -0.393 e. The van der Waals surface area contributed by atoms with Crippen LogP contribution in [0.15, 0.2) is 0 Å². The maximum Gasteiger partial charge on any atom is 0.251 e. The van der Waals surface area contributed by atoms with E-state index in [0.717, 1.165) is 19.3 Å². The van der Waals surface area contributed by atoms with Gasteiger partial charge in [-0.15, -0.1) is 0 Å². The third-order valence-corrected chi connectivity index (χ3v) is 4.08. The van der Waals surface area contributed by atoms with Crippen LogP contribution in [0.5, 0.6) is 0 Å². The monoisotopic (exact) mass is 255 g/mol. The van der Waals surface area contributed by atoms with Gasteiger partial charge in [0.1, 0.15) is 6.10 Å². The Bertz CT molecular complexity index is 268. The molecule has 1 heterocycles. The van der Waals surface area contributed by atoms with E-state index in [-0.39, 0.29) is 24.2 Å². The quantitative estimate of drug-likeness (QED) is 0.832. The van der Waals surface area contributed by atoms with E-state index in [1.54, 1.807) is 0 Å². The first-order valence-corrected chi connectivity index (χ1v) is 7.33. The number of nitrogens with zero attached hydrogens (tertiary/aromatic N) is 1. The van der Waals surface area contributed by atoms with Crippen LogP contribution in [0.4, 0.5) is 0 Å². The summed E-state index contributed by atoms with van der Waals surface area (Å²) < 4.78 is 5.95. The molecule has 0 aromatic rings. The number of rotatable bonds is 4. The topological polar surface area (TPSA) is 49.8 Å². The first-order valence-electron chi connectivity index (χ1n) is 7.33. The van der Waals surface area contributed by atoms with Crippen LogP contribution < -0.4 is 0 Å². The molecular formula is C14H25NO3. The van der Waals surface area contributed by atoms with E-state index in [4.69, 9.17) is 4.74 Å². The van der Waals surface area contributed by atoms with Crippen molar-refractivity contribution >= 4 is 5.91 Å². The Balaban J connectivity index is 1.84. The van der Waals surface area contributed by atoms with Crippen molar-refractivity contribution in [3.05, 3.63) is 0 Å². The molecule has 0 spiro atoms. The summed E-state index contributed by atoms with van der Waals surface area (Å²) in [5.41, 5.74) is 0. The van der Waals surface area contributed by atoms with Crippen LogP contribution in [-0.4, -0.2) is 47.3 Å². The molecule has 1 aliphatic heterocycles. The number of ether oxygens (including phenoxy) is 1. The Morgan fingerprint density at radius 3 is 2.44 bits per heavy atom. The largest absolute Gasteiger partial charge is 0.393 e. The maximum atomic E-state index is 12.3. The molecule has 1 N–H and O–H groups in total. The van der Waals surface area contributed by atoms with Gasteiger partial charge in [-0.2, -0.15) is 0 Å². The first kappa shape index (κ1) is 13.8. The molecule has 0 bridgehead atoms. The second-order valence-electron chi connectivity index (χ2n) is 5.50. The van der Waals surface area contributed by atoms with Crippen LogP contribution in [0.25, 0.3) is 0 Å². The van der Waals surface area contributed by atoms with Crippen molar-refractivity contribution in [2.45, 2.75) is 70.2 Å². The molecule has 0 radical (unpaired) electrons. The Hall–Kier alpha value is -0.610. The second kappa shape index (κ2) is 6.53. The normalized spacial score (nSPS) is 24.4. The van der Waals surface area contributed by atoms with Crippen molar-refractivity contribution < 1.29 is 14.6 Å². The van der Waals surface area contributed by atoms with Gasteiger partial charge >= 0.3 is 0 Å². The van der Waals surface area contributed by atoms with Crippen LogP contribution in [0.1, 0.15) is 51.9 Å². The van der Waals surface area contributed by atoms with Crippen molar-refractivity contribution in [2.24, 2.45) is 0 Å². The summed E-state index contributed by atoms with van der Waals surface area (Å²) in [6.45, 7) is 3.35. The van der Waals surface area contributed by atoms with Crippen molar-refractivity contribution in [1.29, 1.82) is 0 Å². The van der Waals surface area contributed by atoms with E-state index in [0.29, 0.717) is 25.9 Å². The number of piperidine rings is 1. The van der Waals surface area contributed by atoms with Crippen molar-refractivity contribution in [1.82, 2.24) is 4.90 Å². The number of aliphatic hydroxyl groups excluding tert-OH is 1. The van der Waals surface area contributed by atoms with E-state index in [9.17, 15) is 9.90 Å². The molecule has 4 nitrogen and oxygen atoms in total. The second-order valence-corrected chi connectivity index (χ2v) is 5.50. The molecule has 104 valence electrons. The van der Waals surface area contributed by atoms with Gasteiger partial charge in [0.25, 0.3) is 5.91 Å². The van der Waals surface area contributed by atoms with Crippen LogP contribution in [0.2, 0.25) is 0 Å². The average molecular weight is 255 g/mol. The van der Waals surface area contributed by atoms with Crippen molar-refractivity contribution in [3.63, 3.8) is 0 Å². The van der Waals surface area contributed by atoms with Crippen LogP contribution >= 0.6 is 0 Å². The zero-order chi connectivity index (χ0) is 13.0. The summed E-state index contributed by atoms with van der Waals surface area (Å²) in [5.74, 6) is 0.122. The number of hydrogen-bond donors (Lipinski definition) is 1. The Kier molecular flexibility index (Phi) is 5.01.